The van der Waals surface area contributed by atoms with Gasteiger partial charge in [-0.15, -0.1) is 5.10 Å². The molecule has 0 aliphatic heterocycles. The van der Waals surface area contributed by atoms with E-state index in [1.807, 2.05) is 13.8 Å². The minimum absolute atomic E-state index is 0.265. The second kappa shape index (κ2) is 5.58. The Hall–Kier alpha value is -1.96. The lowest BCUT2D eigenvalue weighted by Crippen LogP contribution is -2.27. The normalized spacial score (nSPS) is 10.3. The van der Waals surface area contributed by atoms with E-state index in [9.17, 15) is 4.79 Å². The molecule has 0 fully saturated rings. The number of rotatable bonds is 4. The van der Waals surface area contributed by atoms with Crippen LogP contribution < -0.4 is 10.6 Å². The lowest BCUT2D eigenvalue weighted by molar-refractivity contribution is 0.252. The van der Waals surface area contributed by atoms with Crippen molar-refractivity contribution < 1.29 is 4.79 Å². The quantitative estimate of drug-likeness (QED) is 0.875. The summed E-state index contributed by atoms with van der Waals surface area (Å²) in [5.74, 6) is 0. The van der Waals surface area contributed by atoms with Gasteiger partial charge in [-0.05, 0) is 25.4 Å². The summed E-state index contributed by atoms with van der Waals surface area (Å²) in [6, 6.07) is -0.265. The average Bonchev–Trinajstić information content (AvgIpc) is 2.96. The van der Waals surface area contributed by atoms with Crippen molar-refractivity contribution in [2.75, 3.05) is 5.32 Å². The Labute approximate surface area is 108 Å². The summed E-state index contributed by atoms with van der Waals surface area (Å²) < 4.78 is 5.55. The van der Waals surface area contributed by atoms with E-state index in [1.54, 1.807) is 17.1 Å². The van der Waals surface area contributed by atoms with Crippen LogP contribution in [0.2, 0.25) is 0 Å². The highest BCUT2D eigenvalue weighted by atomic mass is 32.1. The van der Waals surface area contributed by atoms with Crippen LogP contribution in [0.5, 0.6) is 0 Å². The molecule has 18 heavy (non-hydrogen) atoms. The average molecular weight is 266 g/mol. The highest BCUT2D eigenvalue weighted by Gasteiger charge is 2.06. The zero-order chi connectivity index (χ0) is 13.0. The Morgan fingerprint density at radius 2 is 2.39 bits per heavy atom. The molecule has 2 rings (SSSR count). The van der Waals surface area contributed by atoms with Gasteiger partial charge in [0.1, 0.15) is 0 Å². The van der Waals surface area contributed by atoms with E-state index >= 15 is 0 Å². The molecule has 0 bridgehead atoms. The molecule has 2 aromatic heterocycles. The molecule has 0 aromatic carbocycles. The van der Waals surface area contributed by atoms with Crippen LogP contribution in [-0.2, 0) is 13.1 Å². The monoisotopic (exact) mass is 266 g/mol. The number of hydrogen-bond donors (Lipinski definition) is 2. The number of carbonyl (C=O) groups excluding carboxylic acids is 1. The van der Waals surface area contributed by atoms with Gasteiger partial charge in [0.15, 0.2) is 0 Å². The van der Waals surface area contributed by atoms with E-state index in [4.69, 9.17) is 0 Å². The first-order chi connectivity index (χ1) is 8.69. The molecule has 0 saturated carbocycles. The minimum atomic E-state index is -0.265. The molecular weight excluding hydrogens is 252 g/mol. The molecule has 0 saturated heterocycles. The van der Waals surface area contributed by atoms with Gasteiger partial charge in [0.05, 0.1) is 29.0 Å². The Balaban J connectivity index is 1.84. The van der Waals surface area contributed by atoms with E-state index < -0.39 is 0 Å². The first-order valence-electron chi connectivity index (χ1n) is 5.54. The number of hydrogen-bond acceptors (Lipinski definition) is 5. The van der Waals surface area contributed by atoms with E-state index in [-0.39, 0.29) is 6.03 Å². The number of carbonyl (C=O) groups is 1. The number of aryl methyl sites for hydroxylation is 2. The second-order valence-electron chi connectivity index (χ2n) is 3.67. The fourth-order valence-corrected chi connectivity index (χ4v) is 1.92. The Morgan fingerprint density at radius 3 is 3.00 bits per heavy atom. The van der Waals surface area contributed by atoms with E-state index in [0.717, 1.165) is 17.1 Å². The van der Waals surface area contributed by atoms with Gasteiger partial charge in [0, 0.05) is 12.7 Å². The number of anilines is 1. The number of urea groups is 1. The van der Waals surface area contributed by atoms with E-state index in [1.165, 1.54) is 11.5 Å². The summed E-state index contributed by atoms with van der Waals surface area (Å²) in [5.41, 5.74) is 1.52. The zero-order valence-electron chi connectivity index (χ0n) is 10.2. The summed E-state index contributed by atoms with van der Waals surface area (Å²) in [4.78, 5) is 12.6. The van der Waals surface area contributed by atoms with Crippen molar-refractivity contribution >= 4 is 23.3 Å². The third-order valence-corrected chi connectivity index (χ3v) is 3.19. The number of nitrogens with zero attached hydrogens (tertiary/aromatic N) is 4. The van der Waals surface area contributed by atoms with Crippen LogP contribution in [0.4, 0.5) is 10.5 Å². The van der Waals surface area contributed by atoms with Crippen LogP contribution in [0.3, 0.4) is 0 Å². The van der Waals surface area contributed by atoms with Crippen LogP contribution in [0.1, 0.15) is 17.5 Å². The highest BCUT2D eigenvalue weighted by Crippen LogP contribution is 2.08. The molecule has 2 aromatic rings. The second-order valence-corrected chi connectivity index (χ2v) is 4.51. The smallest absolute Gasteiger partial charge is 0.319 e. The molecule has 8 heteroatoms. The van der Waals surface area contributed by atoms with Gasteiger partial charge in [-0.2, -0.15) is 5.10 Å². The summed E-state index contributed by atoms with van der Waals surface area (Å²) in [5, 5.41) is 13.4. The van der Waals surface area contributed by atoms with Gasteiger partial charge < -0.3 is 10.6 Å². The van der Waals surface area contributed by atoms with Crippen LogP contribution >= 0.6 is 11.5 Å². The summed E-state index contributed by atoms with van der Waals surface area (Å²) in [7, 11) is 0. The molecule has 2 N–H and O–H groups in total. The van der Waals surface area contributed by atoms with Crippen molar-refractivity contribution in [1.29, 1.82) is 0 Å². The van der Waals surface area contributed by atoms with Crippen LogP contribution in [0.15, 0.2) is 12.4 Å². The van der Waals surface area contributed by atoms with Crippen molar-refractivity contribution in [1.82, 2.24) is 24.7 Å². The van der Waals surface area contributed by atoms with Gasteiger partial charge >= 0.3 is 6.03 Å². The lowest BCUT2D eigenvalue weighted by Gasteiger charge is -2.04. The van der Waals surface area contributed by atoms with Gasteiger partial charge in [-0.1, -0.05) is 4.49 Å². The number of nitrogens with one attached hydrogen (secondary N) is 2. The molecule has 96 valence electrons. The number of aromatic nitrogens is 4. The fraction of sp³-hybridized carbons (Fsp3) is 0.400. The SMILES string of the molecule is CCn1cc(NC(=O)NCc2snnc2C)cn1. The molecule has 0 unspecified atom stereocenters. The maximum absolute atomic E-state index is 11.6. The van der Waals surface area contributed by atoms with Gasteiger partial charge in [0.25, 0.3) is 0 Å². The molecule has 2 amide bonds. The Kier molecular flexibility index (Phi) is 3.88. The molecule has 0 atom stereocenters. The molecule has 0 aliphatic rings. The van der Waals surface area contributed by atoms with Crippen molar-refractivity contribution in [3.8, 4) is 0 Å². The summed E-state index contributed by atoms with van der Waals surface area (Å²) in [6.07, 6.45) is 3.39. The number of amides is 2. The standard InChI is InChI=1S/C10H14N6OS/c1-3-16-6-8(4-12-16)13-10(17)11-5-9-7(2)14-15-18-9/h4,6H,3,5H2,1-2H3,(H2,11,13,17). The maximum Gasteiger partial charge on any atom is 0.319 e. The highest BCUT2D eigenvalue weighted by molar-refractivity contribution is 7.05. The predicted molar refractivity (Wildman–Crippen MR) is 68.4 cm³/mol. The van der Waals surface area contributed by atoms with E-state index in [2.05, 4.69) is 25.3 Å². The summed E-state index contributed by atoms with van der Waals surface area (Å²) in [6.45, 7) is 5.05. The molecule has 2 heterocycles. The fourth-order valence-electron chi connectivity index (χ4n) is 1.35. The first-order valence-corrected chi connectivity index (χ1v) is 6.31. The Morgan fingerprint density at radius 1 is 1.56 bits per heavy atom. The van der Waals surface area contributed by atoms with Crippen LogP contribution in [0, 0.1) is 6.92 Å². The lowest BCUT2D eigenvalue weighted by atomic mass is 10.4. The van der Waals surface area contributed by atoms with Crippen molar-refractivity contribution in [3.63, 3.8) is 0 Å². The Bertz CT molecular complexity index is 534. The van der Waals surface area contributed by atoms with Gasteiger partial charge in [-0.3, -0.25) is 4.68 Å². The third-order valence-electron chi connectivity index (χ3n) is 2.37. The molecular formula is C10H14N6OS. The van der Waals surface area contributed by atoms with Gasteiger partial charge in [0.2, 0.25) is 0 Å². The van der Waals surface area contributed by atoms with Gasteiger partial charge in [-0.25, -0.2) is 4.79 Å². The largest absolute Gasteiger partial charge is 0.333 e. The third kappa shape index (κ3) is 3.04. The first kappa shape index (κ1) is 12.5. The van der Waals surface area contributed by atoms with Crippen LogP contribution in [0.25, 0.3) is 0 Å². The van der Waals surface area contributed by atoms with Crippen molar-refractivity contribution in [3.05, 3.63) is 23.0 Å². The van der Waals surface area contributed by atoms with Crippen molar-refractivity contribution in [2.45, 2.75) is 26.9 Å². The zero-order valence-corrected chi connectivity index (χ0v) is 11.0. The predicted octanol–water partition coefficient (Wildman–Crippen LogP) is 1.38. The molecule has 0 radical (unpaired) electrons. The minimum Gasteiger partial charge on any atom is -0.333 e. The molecule has 7 nitrogen and oxygen atoms in total. The van der Waals surface area contributed by atoms with Crippen LogP contribution in [-0.4, -0.2) is 25.4 Å². The van der Waals surface area contributed by atoms with Crippen molar-refractivity contribution in [2.24, 2.45) is 0 Å². The summed E-state index contributed by atoms with van der Waals surface area (Å²) >= 11 is 1.29. The molecule has 0 aliphatic carbocycles. The van der Waals surface area contributed by atoms with E-state index in [0.29, 0.717) is 12.2 Å². The topological polar surface area (TPSA) is 84.7 Å². The maximum atomic E-state index is 11.6. The molecule has 0 spiro atoms.